The zero-order chi connectivity index (χ0) is 21.9. The second kappa shape index (κ2) is 15.1. The van der Waals surface area contributed by atoms with Crippen LogP contribution in [0, 0.1) is 0 Å². The Morgan fingerprint density at radius 1 is 0.933 bits per heavy atom. The Labute approximate surface area is 255 Å². The standard InChI is InChI=1S/C12H21O11.2K.H3O4P/c13-1-4-6(16)8(18)9(19)11(21-4)23-12(3-15)10(20)7(17)5(2-14)22-12;;;1-5(2,3)4/h4-11,14-20H,1-3H2;;;(H3,1,2,3,4)/q-1;2*+1;/p-1/t4-,5-,6-,7-,8+,9-,10+,11-,12+;;;/m1.../s1. The van der Waals surface area contributed by atoms with E-state index >= 15 is 0 Å². The van der Waals surface area contributed by atoms with Gasteiger partial charge in [0.1, 0.15) is 43.2 Å². The van der Waals surface area contributed by atoms with Crippen molar-refractivity contribution in [3.05, 3.63) is 0 Å². The first-order valence-corrected chi connectivity index (χ1v) is 9.32. The molecule has 30 heavy (non-hydrogen) atoms. The molecular formula is C12H23K2O15P. The molecule has 0 amide bonds. The first-order chi connectivity index (χ1) is 12.8. The van der Waals surface area contributed by atoms with Gasteiger partial charge in [0.2, 0.25) is 5.79 Å². The molecule has 0 aliphatic carbocycles. The minimum atomic E-state index is -4.89. The van der Waals surface area contributed by atoms with Gasteiger partial charge in [-0.3, -0.25) is 4.57 Å². The van der Waals surface area contributed by atoms with Crippen molar-refractivity contribution in [1.29, 1.82) is 0 Å². The topological polar surface area (TPSA) is 273 Å². The van der Waals surface area contributed by atoms with E-state index in [0.29, 0.717) is 0 Å². The molecule has 15 nitrogen and oxygen atoms in total. The quantitative estimate of drug-likeness (QED) is 0.121. The van der Waals surface area contributed by atoms with Crippen molar-refractivity contribution < 1.29 is 177 Å². The van der Waals surface area contributed by atoms with Gasteiger partial charge in [0, 0.05) is 0 Å². The number of phosphoric acid groups is 1. The van der Waals surface area contributed by atoms with Crippen molar-refractivity contribution in [2.45, 2.75) is 54.8 Å². The molecule has 18 heteroatoms. The maximum Gasteiger partial charge on any atom is 1.00 e. The molecule has 2 heterocycles. The first kappa shape index (κ1) is 35.1. The summed E-state index contributed by atoms with van der Waals surface area (Å²) in [5.74, 6) is -2.24. The van der Waals surface area contributed by atoms with Crippen LogP contribution >= 0.6 is 7.82 Å². The summed E-state index contributed by atoms with van der Waals surface area (Å²) in [5, 5.41) is 78.4. The van der Waals surface area contributed by atoms with Crippen LogP contribution in [0.2, 0.25) is 0 Å². The Morgan fingerprint density at radius 3 is 1.80 bits per heavy atom. The number of aliphatic hydroxyl groups excluding tert-OH is 7. The molecule has 2 aliphatic heterocycles. The maximum atomic E-state index is 11.0. The molecule has 0 aromatic heterocycles. The summed E-state index contributed by atoms with van der Waals surface area (Å²) in [6.07, 6.45) is -13.0. The van der Waals surface area contributed by atoms with Gasteiger partial charge in [0.25, 0.3) is 7.82 Å². The number of aliphatic hydroxyl groups is 7. The third-order valence-electron chi connectivity index (χ3n) is 4.05. The van der Waals surface area contributed by atoms with E-state index in [9.17, 15) is 35.7 Å². The molecule has 2 fully saturated rings. The fourth-order valence-electron chi connectivity index (χ4n) is 2.62. The van der Waals surface area contributed by atoms with E-state index in [1.54, 1.807) is 0 Å². The van der Waals surface area contributed by atoms with Crippen molar-refractivity contribution in [1.82, 2.24) is 0 Å². The molecule has 0 bridgehead atoms. The molecule has 0 saturated carbocycles. The van der Waals surface area contributed by atoms with E-state index in [1.807, 2.05) is 0 Å². The normalized spacial score (nSPS) is 41.2. The van der Waals surface area contributed by atoms with Crippen LogP contribution in [0.15, 0.2) is 0 Å². The molecule has 0 radical (unpaired) electrons. The van der Waals surface area contributed by atoms with Crippen molar-refractivity contribution in [2.24, 2.45) is 0 Å². The van der Waals surface area contributed by atoms with Gasteiger partial charge < -0.3 is 69.7 Å². The number of ether oxygens (including phenoxy) is 3. The Balaban J connectivity index is 0. The summed E-state index contributed by atoms with van der Waals surface area (Å²) in [6.45, 7) is -2.60. The molecule has 0 aromatic rings. The predicted octanol–water partition coefficient (Wildman–Crippen LogP) is -13.6. The van der Waals surface area contributed by atoms with Gasteiger partial charge in [-0.2, -0.15) is 0 Å². The summed E-state index contributed by atoms with van der Waals surface area (Å²) < 4.78 is 24.1. The van der Waals surface area contributed by atoms with Crippen LogP contribution in [0.4, 0.5) is 0 Å². The molecule has 0 aromatic carbocycles. The van der Waals surface area contributed by atoms with E-state index in [-0.39, 0.29) is 103 Å². The molecule has 0 unspecified atom stereocenters. The van der Waals surface area contributed by atoms with Crippen LogP contribution in [0.3, 0.4) is 0 Å². The van der Waals surface area contributed by atoms with Crippen LogP contribution in [0.1, 0.15) is 0 Å². The van der Waals surface area contributed by atoms with Crippen LogP contribution < -0.4 is 113 Å². The molecule has 2 rings (SSSR count). The fourth-order valence-corrected chi connectivity index (χ4v) is 2.62. The molecule has 9 N–H and O–H groups in total. The first-order valence-electron chi connectivity index (χ1n) is 7.79. The minimum Gasteiger partial charge on any atom is -0.853 e. The van der Waals surface area contributed by atoms with E-state index in [2.05, 4.69) is 0 Å². The monoisotopic (exact) mass is 516 g/mol. The third-order valence-corrected chi connectivity index (χ3v) is 4.05. The summed E-state index contributed by atoms with van der Waals surface area (Å²) in [4.78, 5) is 22.9. The smallest absolute Gasteiger partial charge is 0.853 e. The second-order valence-corrected chi connectivity index (χ2v) is 7.02. The zero-order valence-electron chi connectivity index (χ0n) is 16.2. The van der Waals surface area contributed by atoms with Crippen LogP contribution in [0.5, 0.6) is 0 Å². The SMILES string of the molecule is O=P([O-])(O)O.[K+].[K+].[O-]C[C@H]1O[C@H](O[C@]2(CO)O[C@H](CO)[C@@H](O)[C@@H]2O)[C@H](O)[C@@H](O)[C@@H]1O. The van der Waals surface area contributed by atoms with Crippen LogP contribution in [0.25, 0.3) is 0 Å². The van der Waals surface area contributed by atoms with Gasteiger partial charge in [-0.05, 0) is 0 Å². The van der Waals surface area contributed by atoms with Gasteiger partial charge in [0.15, 0.2) is 6.29 Å². The van der Waals surface area contributed by atoms with Gasteiger partial charge in [-0.1, -0.05) is 0 Å². The Morgan fingerprint density at radius 2 is 1.43 bits per heavy atom. The fraction of sp³-hybridized carbons (Fsp3) is 1.00. The summed E-state index contributed by atoms with van der Waals surface area (Å²) in [7, 11) is -4.89. The Kier molecular flexibility index (Phi) is 17.7. The third kappa shape index (κ3) is 9.53. The number of hydrogen-bond acceptors (Lipinski definition) is 13. The molecule has 0 spiro atoms. The van der Waals surface area contributed by atoms with Gasteiger partial charge in [-0.15, -0.1) is 6.61 Å². The van der Waals surface area contributed by atoms with Crippen molar-refractivity contribution >= 4 is 7.82 Å². The van der Waals surface area contributed by atoms with Gasteiger partial charge in [-0.25, -0.2) is 0 Å². The zero-order valence-corrected chi connectivity index (χ0v) is 23.3. The Bertz CT molecular complexity index is 529. The molecule has 9 atom stereocenters. The second-order valence-electron chi connectivity index (χ2n) is 6.03. The number of hydrogen-bond donors (Lipinski definition) is 9. The van der Waals surface area contributed by atoms with E-state index in [0.717, 1.165) is 0 Å². The predicted molar refractivity (Wildman–Crippen MR) is 78.5 cm³/mol. The summed E-state index contributed by atoms with van der Waals surface area (Å²) in [5.41, 5.74) is 0. The molecule has 2 aliphatic rings. The average Bonchev–Trinajstić information content (AvgIpc) is 2.86. The van der Waals surface area contributed by atoms with E-state index in [4.69, 9.17) is 38.6 Å². The molecular weight excluding hydrogens is 493 g/mol. The van der Waals surface area contributed by atoms with E-state index in [1.165, 1.54) is 0 Å². The van der Waals surface area contributed by atoms with Gasteiger partial charge >= 0.3 is 103 Å². The maximum absolute atomic E-state index is 11.0. The van der Waals surface area contributed by atoms with Gasteiger partial charge in [0.05, 0.1) is 12.7 Å². The minimum absolute atomic E-state index is 0. The van der Waals surface area contributed by atoms with Crippen molar-refractivity contribution in [3.8, 4) is 0 Å². The van der Waals surface area contributed by atoms with E-state index < -0.39 is 82.4 Å². The molecule has 2 saturated heterocycles. The average molecular weight is 516 g/mol. The van der Waals surface area contributed by atoms with Crippen molar-refractivity contribution in [3.63, 3.8) is 0 Å². The van der Waals surface area contributed by atoms with Crippen LogP contribution in [-0.2, 0) is 18.8 Å². The largest absolute Gasteiger partial charge is 1.00 e. The van der Waals surface area contributed by atoms with Crippen molar-refractivity contribution in [2.75, 3.05) is 19.8 Å². The Hall–Kier alpha value is 2.94. The molecule has 168 valence electrons. The number of rotatable bonds is 5. The summed E-state index contributed by atoms with van der Waals surface area (Å²) in [6, 6.07) is 0. The van der Waals surface area contributed by atoms with Crippen LogP contribution in [-0.4, -0.2) is 120 Å². The summed E-state index contributed by atoms with van der Waals surface area (Å²) >= 11 is 0.